The molecule has 0 radical (unpaired) electrons. The molecule has 0 amide bonds. The van der Waals surface area contributed by atoms with Crippen molar-refractivity contribution in [3.63, 3.8) is 0 Å². The largest absolute Gasteiger partial charge is 0.354 e. The van der Waals surface area contributed by atoms with E-state index in [-0.39, 0.29) is 11.7 Å². The molecule has 0 bridgehead atoms. The van der Waals surface area contributed by atoms with Gasteiger partial charge in [-0.15, -0.1) is 0 Å². The van der Waals surface area contributed by atoms with Crippen LogP contribution in [0.15, 0.2) is 41.3 Å². The molecule has 0 saturated carbocycles. The highest BCUT2D eigenvalue weighted by Crippen LogP contribution is 2.32. The number of rotatable bonds is 3. The van der Waals surface area contributed by atoms with Gasteiger partial charge in [0.15, 0.2) is 5.82 Å². The van der Waals surface area contributed by atoms with E-state index in [2.05, 4.69) is 25.0 Å². The van der Waals surface area contributed by atoms with Crippen molar-refractivity contribution in [3.05, 3.63) is 53.5 Å². The van der Waals surface area contributed by atoms with Crippen LogP contribution in [-0.4, -0.2) is 33.2 Å². The Morgan fingerprint density at radius 1 is 1.32 bits per heavy atom. The lowest BCUT2D eigenvalue weighted by Crippen LogP contribution is -2.35. The Labute approximate surface area is 148 Å². The van der Waals surface area contributed by atoms with Crippen LogP contribution in [0.3, 0.4) is 0 Å². The zero-order valence-corrected chi connectivity index (χ0v) is 14.0. The van der Waals surface area contributed by atoms with E-state index in [0.29, 0.717) is 34.7 Å². The van der Waals surface area contributed by atoms with Crippen LogP contribution in [0.2, 0.25) is 5.02 Å². The Kier molecular flexibility index (Phi) is 4.31. The van der Waals surface area contributed by atoms with E-state index in [1.54, 1.807) is 18.3 Å². The molecule has 128 valence electrons. The summed E-state index contributed by atoms with van der Waals surface area (Å²) >= 11 is 6.20. The lowest BCUT2D eigenvalue weighted by Gasteiger charge is -2.32. The van der Waals surface area contributed by atoms with Crippen LogP contribution in [0.1, 0.15) is 24.7 Å². The number of anilines is 1. The molecule has 8 heteroatoms. The van der Waals surface area contributed by atoms with Gasteiger partial charge in [-0.2, -0.15) is 4.98 Å². The summed E-state index contributed by atoms with van der Waals surface area (Å²) in [5.74, 6) is 1.41. The first kappa shape index (κ1) is 16.0. The number of hydrogen-bond acceptors (Lipinski definition) is 6. The van der Waals surface area contributed by atoms with Crippen LogP contribution in [0.25, 0.3) is 11.4 Å². The van der Waals surface area contributed by atoms with Crippen LogP contribution in [-0.2, 0) is 0 Å². The molecule has 1 aromatic carbocycles. The molecule has 0 N–H and O–H groups in total. The van der Waals surface area contributed by atoms with E-state index < -0.39 is 0 Å². The highest BCUT2D eigenvalue weighted by Gasteiger charge is 2.28. The first-order chi connectivity index (χ1) is 12.2. The van der Waals surface area contributed by atoms with Crippen LogP contribution >= 0.6 is 11.6 Å². The monoisotopic (exact) mass is 359 g/mol. The number of nitrogens with zero attached hydrogens (tertiary/aromatic N) is 5. The van der Waals surface area contributed by atoms with Gasteiger partial charge in [0.25, 0.3) is 0 Å². The van der Waals surface area contributed by atoms with Crippen LogP contribution in [0.4, 0.5) is 10.2 Å². The maximum atomic E-state index is 13.4. The molecule has 3 aromatic rings. The van der Waals surface area contributed by atoms with E-state index in [0.717, 1.165) is 19.4 Å². The first-order valence-electron chi connectivity index (χ1n) is 8.00. The number of halogens is 2. The van der Waals surface area contributed by atoms with Crippen LogP contribution in [0.5, 0.6) is 0 Å². The van der Waals surface area contributed by atoms with Crippen molar-refractivity contribution in [2.24, 2.45) is 0 Å². The minimum absolute atomic E-state index is 0.0783. The smallest absolute Gasteiger partial charge is 0.231 e. The molecule has 25 heavy (non-hydrogen) atoms. The molecule has 1 atom stereocenters. The zero-order chi connectivity index (χ0) is 17.2. The van der Waals surface area contributed by atoms with Gasteiger partial charge in [-0.25, -0.2) is 14.4 Å². The quantitative estimate of drug-likeness (QED) is 0.710. The molecule has 3 heterocycles. The molecule has 1 aliphatic heterocycles. The Bertz CT molecular complexity index is 887. The lowest BCUT2D eigenvalue weighted by atomic mass is 9.98. The van der Waals surface area contributed by atoms with Gasteiger partial charge in [0, 0.05) is 18.7 Å². The molecule has 0 aliphatic carbocycles. The fraction of sp³-hybridized carbons (Fsp3) is 0.294. The van der Waals surface area contributed by atoms with E-state index in [4.69, 9.17) is 16.1 Å². The first-order valence-corrected chi connectivity index (χ1v) is 8.38. The summed E-state index contributed by atoms with van der Waals surface area (Å²) in [7, 11) is 0. The highest BCUT2D eigenvalue weighted by atomic mass is 35.5. The molecule has 2 aromatic heterocycles. The van der Waals surface area contributed by atoms with Gasteiger partial charge in [-0.1, -0.05) is 28.9 Å². The summed E-state index contributed by atoms with van der Waals surface area (Å²) in [6, 6.07) is 6.16. The Morgan fingerprint density at radius 2 is 2.24 bits per heavy atom. The second-order valence-corrected chi connectivity index (χ2v) is 6.35. The molecular weight excluding hydrogens is 345 g/mol. The second-order valence-electron chi connectivity index (χ2n) is 5.95. The molecule has 1 unspecified atom stereocenters. The molecule has 6 nitrogen and oxygen atoms in total. The van der Waals surface area contributed by atoms with Crippen LogP contribution in [0, 0.1) is 5.82 Å². The summed E-state index contributed by atoms with van der Waals surface area (Å²) < 4.78 is 18.8. The van der Waals surface area contributed by atoms with E-state index in [1.807, 2.05) is 0 Å². The Hall–Kier alpha value is -2.54. The number of hydrogen-bond donors (Lipinski definition) is 0. The molecule has 1 saturated heterocycles. The van der Waals surface area contributed by atoms with E-state index in [1.165, 1.54) is 18.5 Å². The number of benzene rings is 1. The fourth-order valence-corrected chi connectivity index (χ4v) is 3.28. The molecule has 4 rings (SSSR count). The highest BCUT2D eigenvalue weighted by molar-refractivity contribution is 6.32. The molecule has 1 aliphatic rings. The summed E-state index contributed by atoms with van der Waals surface area (Å²) in [4.78, 5) is 14.7. The van der Waals surface area contributed by atoms with Gasteiger partial charge in [0.1, 0.15) is 17.2 Å². The molecule has 0 spiro atoms. The summed E-state index contributed by atoms with van der Waals surface area (Å²) in [6.07, 6.45) is 4.97. The predicted molar refractivity (Wildman–Crippen MR) is 90.9 cm³/mol. The van der Waals surface area contributed by atoms with Gasteiger partial charge in [0.2, 0.25) is 11.7 Å². The van der Waals surface area contributed by atoms with Gasteiger partial charge in [-0.05, 0) is 25.0 Å². The minimum Gasteiger partial charge on any atom is -0.354 e. The second kappa shape index (κ2) is 6.76. The zero-order valence-electron chi connectivity index (χ0n) is 13.3. The normalized spacial score (nSPS) is 17.7. The van der Waals surface area contributed by atoms with Gasteiger partial charge < -0.3 is 9.42 Å². The van der Waals surface area contributed by atoms with Crippen molar-refractivity contribution in [1.82, 2.24) is 20.1 Å². The average Bonchev–Trinajstić information content (AvgIpc) is 3.12. The minimum atomic E-state index is -0.328. The van der Waals surface area contributed by atoms with Crippen molar-refractivity contribution in [1.29, 1.82) is 0 Å². The standard InChI is InChI=1S/C17H15ClFN5O/c18-14-8-20-10-21-16(14)24-6-2-4-12(9-24)17-22-15(23-25-17)11-3-1-5-13(19)7-11/h1,3,5,7-8,10,12H,2,4,6,9H2. The van der Waals surface area contributed by atoms with Gasteiger partial charge in [-0.3, -0.25) is 0 Å². The third-order valence-corrected chi connectivity index (χ3v) is 4.51. The summed E-state index contributed by atoms with van der Waals surface area (Å²) in [5.41, 5.74) is 0.599. The van der Waals surface area contributed by atoms with E-state index >= 15 is 0 Å². The van der Waals surface area contributed by atoms with Crippen molar-refractivity contribution in [2.45, 2.75) is 18.8 Å². The maximum Gasteiger partial charge on any atom is 0.231 e. The lowest BCUT2D eigenvalue weighted by molar-refractivity contribution is 0.333. The van der Waals surface area contributed by atoms with Crippen molar-refractivity contribution in [3.8, 4) is 11.4 Å². The molecular formula is C17H15ClFN5O. The summed E-state index contributed by atoms with van der Waals surface area (Å²) in [6.45, 7) is 1.54. The Morgan fingerprint density at radius 3 is 3.08 bits per heavy atom. The van der Waals surface area contributed by atoms with Gasteiger partial charge >= 0.3 is 0 Å². The average molecular weight is 360 g/mol. The van der Waals surface area contributed by atoms with Crippen molar-refractivity contribution in [2.75, 3.05) is 18.0 Å². The SMILES string of the molecule is Fc1cccc(-c2noc(C3CCCN(c4ncncc4Cl)C3)n2)c1. The van der Waals surface area contributed by atoms with Gasteiger partial charge in [0.05, 0.1) is 12.1 Å². The van der Waals surface area contributed by atoms with Crippen LogP contribution < -0.4 is 4.90 Å². The predicted octanol–water partition coefficient (Wildman–Crippen LogP) is 3.70. The van der Waals surface area contributed by atoms with Crippen molar-refractivity contribution < 1.29 is 8.91 Å². The van der Waals surface area contributed by atoms with Crippen molar-refractivity contribution >= 4 is 17.4 Å². The topological polar surface area (TPSA) is 67.9 Å². The third-order valence-electron chi connectivity index (χ3n) is 4.24. The fourth-order valence-electron chi connectivity index (χ4n) is 3.06. The molecule has 1 fully saturated rings. The number of aromatic nitrogens is 4. The maximum absolute atomic E-state index is 13.4. The number of piperidine rings is 1. The Balaban J connectivity index is 1.55. The third kappa shape index (κ3) is 3.32. The summed E-state index contributed by atoms with van der Waals surface area (Å²) in [5, 5.41) is 4.52. The van der Waals surface area contributed by atoms with E-state index in [9.17, 15) is 4.39 Å².